The predicted molar refractivity (Wildman–Crippen MR) is 142 cm³/mol. The summed E-state index contributed by atoms with van der Waals surface area (Å²) in [5.74, 6) is -0.837. The number of anilines is 1. The molecule has 9 heteroatoms. The second-order valence-corrected chi connectivity index (χ2v) is 10.7. The minimum absolute atomic E-state index is 0.0689. The van der Waals surface area contributed by atoms with Gasteiger partial charge in [-0.2, -0.15) is 0 Å². The molecule has 0 spiro atoms. The van der Waals surface area contributed by atoms with Crippen molar-refractivity contribution in [3.8, 4) is 0 Å². The summed E-state index contributed by atoms with van der Waals surface area (Å²) in [6, 6.07) is 21.0. The van der Waals surface area contributed by atoms with Crippen LogP contribution in [0, 0.1) is 6.92 Å². The Morgan fingerprint density at radius 1 is 0.944 bits per heavy atom. The average Bonchev–Trinajstić information content (AvgIpc) is 2.87. The number of carbonyl (C=O) groups excluding carboxylic acids is 2. The number of nitrogens with zero attached hydrogens (tertiary/aromatic N) is 2. The van der Waals surface area contributed by atoms with Gasteiger partial charge in [0.2, 0.25) is 11.8 Å². The zero-order chi connectivity index (χ0) is 26.3. The molecule has 0 heterocycles. The number of hydrogen-bond donors (Lipinski definition) is 1. The first-order chi connectivity index (χ1) is 17.1. The Balaban J connectivity index is 2.00. The zero-order valence-electron chi connectivity index (χ0n) is 20.5. The molecule has 0 aliphatic carbocycles. The van der Waals surface area contributed by atoms with E-state index in [1.165, 1.54) is 17.0 Å². The lowest BCUT2D eigenvalue weighted by molar-refractivity contribution is -0.139. The molecule has 0 unspecified atom stereocenters. The van der Waals surface area contributed by atoms with Crippen molar-refractivity contribution in [2.75, 3.05) is 17.4 Å². The van der Waals surface area contributed by atoms with Crippen LogP contribution in [-0.2, 0) is 26.2 Å². The SMILES string of the molecule is CCNC(=O)[C@@H](C)N(Cc1ccc(Cl)cc1)C(=O)CN(c1ccc(C)cc1)S(=O)(=O)c1ccccc1. The fourth-order valence-corrected chi connectivity index (χ4v) is 5.21. The molecule has 0 saturated heterocycles. The van der Waals surface area contributed by atoms with E-state index in [1.807, 2.05) is 6.92 Å². The van der Waals surface area contributed by atoms with E-state index < -0.39 is 28.5 Å². The number of carbonyl (C=O) groups is 2. The Kier molecular flexibility index (Phi) is 9.12. The fraction of sp³-hybridized carbons (Fsp3) is 0.259. The van der Waals surface area contributed by atoms with Gasteiger partial charge in [-0.1, -0.05) is 59.6 Å². The third-order valence-corrected chi connectivity index (χ3v) is 7.76. The van der Waals surface area contributed by atoms with Crippen LogP contribution in [0.5, 0.6) is 0 Å². The first-order valence-corrected chi connectivity index (χ1v) is 13.4. The number of nitrogens with one attached hydrogen (secondary N) is 1. The zero-order valence-corrected chi connectivity index (χ0v) is 22.1. The minimum Gasteiger partial charge on any atom is -0.355 e. The third-order valence-electron chi connectivity index (χ3n) is 5.72. The average molecular weight is 528 g/mol. The number of benzene rings is 3. The Bertz CT molecular complexity index is 1280. The lowest BCUT2D eigenvalue weighted by Gasteiger charge is -2.32. The smallest absolute Gasteiger partial charge is 0.264 e. The van der Waals surface area contributed by atoms with Crippen LogP contribution in [0.3, 0.4) is 0 Å². The summed E-state index contributed by atoms with van der Waals surface area (Å²) in [5, 5.41) is 3.29. The molecule has 1 N–H and O–H groups in total. The molecule has 3 aromatic carbocycles. The summed E-state index contributed by atoms with van der Waals surface area (Å²) in [7, 11) is -4.06. The van der Waals surface area contributed by atoms with Crippen LogP contribution in [0.4, 0.5) is 5.69 Å². The van der Waals surface area contributed by atoms with Crippen molar-refractivity contribution in [1.82, 2.24) is 10.2 Å². The Morgan fingerprint density at radius 2 is 1.56 bits per heavy atom. The molecule has 2 amide bonds. The van der Waals surface area contributed by atoms with Crippen LogP contribution < -0.4 is 9.62 Å². The van der Waals surface area contributed by atoms with Crippen LogP contribution in [0.2, 0.25) is 5.02 Å². The summed E-state index contributed by atoms with van der Waals surface area (Å²) < 4.78 is 28.4. The van der Waals surface area contributed by atoms with E-state index in [2.05, 4.69) is 5.32 Å². The van der Waals surface area contributed by atoms with Gasteiger partial charge < -0.3 is 10.2 Å². The summed E-state index contributed by atoms with van der Waals surface area (Å²) in [6.07, 6.45) is 0. The maximum atomic E-state index is 13.7. The molecule has 0 fully saturated rings. The Hall–Kier alpha value is -3.36. The fourth-order valence-electron chi connectivity index (χ4n) is 3.65. The van der Waals surface area contributed by atoms with Crippen LogP contribution >= 0.6 is 11.6 Å². The molecular formula is C27H30ClN3O4S. The van der Waals surface area contributed by atoms with Gasteiger partial charge in [-0.25, -0.2) is 8.42 Å². The molecule has 0 aliphatic rings. The molecule has 190 valence electrons. The summed E-state index contributed by atoms with van der Waals surface area (Å²) >= 11 is 6.00. The summed E-state index contributed by atoms with van der Waals surface area (Å²) in [6.45, 7) is 5.36. The second kappa shape index (κ2) is 12.1. The molecule has 36 heavy (non-hydrogen) atoms. The summed E-state index contributed by atoms with van der Waals surface area (Å²) in [4.78, 5) is 27.8. The monoisotopic (exact) mass is 527 g/mol. The highest BCUT2D eigenvalue weighted by atomic mass is 35.5. The van der Waals surface area contributed by atoms with E-state index in [-0.39, 0.29) is 17.3 Å². The third kappa shape index (κ3) is 6.65. The van der Waals surface area contributed by atoms with Crippen molar-refractivity contribution in [2.24, 2.45) is 0 Å². The van der Waals surface area contributed by atoms with Gasteiger partial charge in [0.25, 0.3) is 10.0 Å². The number of likely N-dealkylation sites (N-methyl/N-ethyl adjacent to an activating group) is 1. The van der Waals surface area contributed by atoms with Gasteiger partial charge in [0.1, 0.15) is 12.6 Å². The highest BCUT2D eigenvalue weighted by Crippen LogP contribution is 2.25. The van der Waals surface area contributed by atoms with Crippen molar-refractivity contribution in [3.05, 3.63) is 95.0 Å². The molecule has 1 atom stereocenters. The number of amides is 2. The van der Waals surface area contributed by atoms with Crippen molar-refractivity contribution in [2.45, 2.75) is 38.3 Å². The lowest BCUT2D eigenvalue weighted by Crippen LogP contribution is -2.51. The van der Waals surface area contributed by atoms with Crippen LogP contribution in [0.1, 0.15) is 25.0 Å². The molecule has 0 radical (unpaired) electrons. The number of aryl methyl sites for hydroxylation is 1. The Labute approximate surface area is 217 Å². The predicted octanol–water partition coefficient (Wildman–Crippen LogP) is 4.40. The van der Waals surface area contributed by atoms with Gasteiger partial charge in [0.15, 0.2) is 0 Å². The van der Waals surface area contributed by atoms with E-state index in [0.29, 0.717) is 17.3 Å². The van der Waals surface area contributed by atoms with E-state index in [4.69, 9.17) is 11.6 Å². The van der Waals surface area contributed by atoms with Crippen molar-refractivity contribution in [3.63, 3.8) is 0 Å². The van der Waals surface area contributed by atoms with Crippen LogP contribution in [0.15, 0.2) is 83.8 Å². The topological polar surface area (TPSA) is 86.8 Å². The van der Waals surface area contributed by atoms with Gasteiger partial charge >= 0.3 is 0 Å². The largest absolute Gasteiger partial charge is 0.355 e. The number of halogens is 1. The minimum atomic E-state index is -4.06. The summed E-state index contributed by atoms with van der Waals surface area (Å²) in [5.41, 5.74) is 2.07. The first-order valence-electron chi connectivity index (χ1n) is 11.6. The van der Waals surface area contributed by atoms with E-state index in [0.717, 1.165) is 15.4 Å². The maximum Gasteiger partial charge on any atom is 0.264 e. The highest BCUT2D eigenvalue weighted by molar-refractivity contribution is 7.92. The molecule has 7 nitrogen and oxygen atoms in total. The number of rotatable bonds is 10. The maximum absolute atomic E-state index is 13.7. The van der Waals surface area contributed by atoms with Crippen molar-refractivity contribution < 1.29 is 18.0 Å². The van der Waals surface area contributed by atoms with Gasteiger partial charge in [-0.15, -0.1) is 0 Å². The standard InChI is InChI=1S/C27H30ClN3O4S/c1-4-29-27(33)21(3)30(18-22-12-14-23(28)15-13-22)26(32)19-31(24-16-10-20(2)11-17-24)36(34,35)25-8-6-5-7-9-25/h5-17,21H,4,18-19H2,1-3H3,(H,29,33)/t21-/m1/s1. The van der Waals surface area contributed by atoms with Crippen molar-refractivity contribution >= 4 is 39.1 Å². The molecule has 0 saturated carbocycles. The van der Waals surface area contributed by atoms with Crippen LogP contribution in [0.25, 0.3) is 0 Å². The van der Waals surface area contributed by atoms with Gasteiger partial charge in [0.05, 0.1) is 10.6 Å². The van der Waals surface area contributed by atoms with Crippen LogP contribution in [-0.4, -0.2) is 44.3 Å². The number of hydrogen-bond acceptors (Lipinski definition) is 4. The molecular weight excluding hydrogens is 498 g/mol. The molecule has 3 rings (SSSR count). The normalized spacial score (nSPS) is 12.0. The molecule has 3 aromatic rings. The van der Waals surface area contributed by atoms with E-state index in [9.17, 15) is 18.0 Å². The quantitative estimate of drug-likeness (QED) is 0.423. The first kappa shape index (κ1) is 27.2. The van der Waals surface area contributed by atoms with Crippen molar-refractivity contribution in [1.29, 1.82) is 0 Å². The molecule has 0 bridgehead atoms. The highest BCUT2D eigenvalue weighted by Gasteiger charge is 2.32. The van der Waals surface area contributed by atoms with Gasteiger partial charge in [-0.3, -0.25) is 13.9 Å². The molecule has 0 aliphatic heterocycles. The second-order valence-electron chi connectivity index (χ2n) is 8.38. The number of sulfonamides is 1. The van der Waals surface area contributed by atoms with E-state index in [1.54, 1.807) is 80.6 Å². The van der Waals surface area contributed by atoms with Gasteiger partial charge in [0, 0.05) is 18.1 Å². The van der Waals surface area contributed by atoms with E-state index >= 15 is 0 Å². The Morgan fingerprint density at radius 3 is 2.14 bits per heavy atom. The lowest BCUT2D eigenvalue weighted by atomic mass is 10.1. The molecule has 0 aromatic heterocycles. The van der Waals surface area contributed by atoms with Gasteiger partial charge in [-0.05, 0) is 62.7 Å².